The van der Waals surface area contributed by atoms with Crippen LogP contribution in [0.2, 0.25) is 0 Å². The summed E-state index contributed by atoms with van der Waals surface area (Å²) in [5.74, 6) is -15.4. The SMILES string of the molecule is CC(=O)NC(CSC(=O)C(CSC(=O)c1cc(-c2ccc(F)cc2F)ccc1O)NC(C)=O)C(=O)O.CC(=O)N[C@@H](CSC(=O)[C@H](CSC(=O)c1cc(-c2ccc(F)cc2F)ccc1O)NC(C)=O)C(=O)O.CC(=O)N[C@H](CSC(=O)[C@@H](CSC(=O)c1cc(-c2ccc(F)cc2F)ccc1O)NC(C)=O)C(=O)O. The molecule has 6 atom stereocenters. The van der Waals surface area contributed by atoms with Crippen molar-refractivity contribution in [1.29, 1.82) is 0 Å². The molecular weight excluding hydrogens is 1560 g/mol. The van der Waals surface area contributed by atoms with E-state index in [9.17, 15) is 114 Å². The predicted molar refractivity (Wildman–Crippen MR) is 392 cm³/mol. The van der Waals surface area contributed by atoms with Crippen molar-refractivity contribution in [3.8, 4) is 50.6 Å². The van der Waals surface area contributed by atoms with E-state index in [1.165, 1.54) is 72.8 Å². The fourth-order valence-corrected chi connectivity index (χ4v) is 14.4. The zero-order valence-electron chi connectivity index (χ0n) is 57.1. The third-order valence-electron chi connectivity index (χ3n) is 13.7. The van der Waals surface area contributed by atoms with Gasteiger partial charge in [-0.15, -0.1) is 0 Å². The van der Waals surface area contributed by atoms with Gasteiger partial charge in [-0.1, -0.05) is 88.8 Å². The number of rotatable bonds is 30. The molecule has 0 aliphatic heterocycles. The normalized spacial score (nSPS) is 12.3. The molecule has 6 amide bonds. The van der Waals surface area contributed by atoms with Crippen LogP contribution in [0.1, 0.15) is 72.6 Å². The standard InChI is InChI=1S/3C23H22F2N2O7S2/c3*1-11(28)26-18(21(31)32)9-36-23(34)19(27-12(2)29)10-35-22(33)16-7-13(3-6-20(16)30)15-5-4-14(24)8-17(15)25/h3*3-8,18-19,30H,9-10H2,1-2H3,(H,26,28)(H,27,29)(H,31,32)/t2*18-,19-;/m10./s1. The van der Waals surface area contributed by atoms with E-state index in [0.29, 0.717) is 88.8 Å². The first-order valence-corrected chi connectivity index (χ1v) is 36.7. The van der Waals surface area contributed by atoms with Crippen LogP contribution in [0.5, 0.6) is 17.2 Å². The summed E-state index contributed by atoms with van der Waals surface area (Å²) in [4.78, 5) is 178. The molecule has 39 heteroatoms. The molecule has 12 N–H and O–H groups in total. The fourth-order valence-electron chi connectivity index (χ4n) is 8.78. The molecule has 576 valence electrons. The van der Waals surface area contributed by atoms with E-state index in [1.54, 1.807) is 0 Å². The van der Waals surface area contributed by atoms with Gasteiger partial charge in [0.15, 0.2) is 0 Å². The van der Waals surface area contributed by atoms with E-state index >= 15 is 0 Å². The van der Waals surface area contributed by atoms with Gasteiger partial charge in [0.05, 0.1) is 16.7 Å². The van der Waals surface area contributed by atoms with Crippen molar-refractivity contribution in [3.63, 3.8) is 0 Å². The molecule has 6 aromatic carbocycles. The third kappa shape index (κ3) is 29.8. The molecule has 0 spiro atoms. The van der Waals surface area contributed by atoms with E-state index < -0.39 is 172 Å². The number of phenolic OH excluding ortho intramolecular Hbond substituents is 3. The Kier molecular flexibility index (Phi) is 36.2. The number of carboxylic acids is 3. The average Bonchev–Trinajstić information content (AvgIpc) is 0.816. The molecule has 108 heavy (non-hydrogen) atoms. The minimum absolute atomic E-state index is 0.00491. The molecule has 0 radical (unpaired) electrons. The smallest absolute Gasteiger partial charge is 0.327 e. The van der Waals surface area contributed by atoms with Gasteiger partial charge >= 0.3 is 17.9 Å². The number of hydrogen-bond donors (Lipinski definition) is 12. The Labute approximate surface area is 635 Å². The number of thioether (sulfide) groups is 6. The van der Waals surface area contributed by atoms with E-state index in [4.69, 9.17) is 15.3 Å². The number of benzene rings is 6. The number of aromatic hydroxyl groups is 3. The molecule has 0 aromatic heterocycles. The molecule has 6 aromatic rings. The number of halogens is 6. The Hall–Kier alpha value is -10.4. The summed E-state index contributed by atoms with van der Waals surface area (Å²) in [5.41, 5.74) is 0.0466. The largest absolute Gasteiger partial charge is 0.507 e. The van der Waals surface area contributed by atoms with Crippen molar-refractivity contribution < 1.29 is 129 Å². The zero-order valence-corrected chi connectivity index (χ0v) is 62.0. The number of aliphatic carboxylic acids is 3. The zero-order chi connectivity index (χ0) is 81.0. The molecule has 2 unspecified atom stereocenters. The maximum absolute atomic E-state index is 14.2. The van der Waals surface area contributed by atoms with Crippen LogP contribution in [0, 0.1) is 34.9 Å². The van der Waals surface area contributed by atoms with Crippen molar-refractivity contribution in [3.05, 3.63) is 161 Å². The number of phenols is 3. The van der Waals surface area contributed by atoms with Gasteiger partial charge in [0.2, 0.25) is 66.1 Å². The summed E-state index contributed by atoms with van der Waals surface area (Å²) in [6, 6.07) is 12.4. The van der Waals surface area contributed by atoms with E-state index in [1.807, 2.05) is 0 Å². The van der Waals surface area contributed by atoms with Gasteiger partial charge in [0.1, 0.15) is 88.4 Å². The average molecular weight is 1620 g/mol. The number of amides is 6. The predicted octanol–water partition coefficient (Wildman–Crippen LogP) is 7.69. The van der Waals surface area contributed by atoms with E-state index in [-0.39, 0.29) is 84.6 Å². The van der Waals surface area contributed by atoms with Crippen LogP contribution < -0.4 is 31.9 Å². The third-order valence-corrected chi connectivity index (χ3v) is 19.9. The van der Waals surface area contributed by atoms with Gasteiger partial charge < -0.3 is 62.5 Å². The molecule has 0 saturated carbocycles. The lowest BCUT2D eigenvalue weighted by Gasteiger charge is -2.17. The van der Waals surface area contributed by atoms with Crippen LogP contribution in [0.4, 0.5) is 26.3 Å². The molecule has 6 rings (SSSR count). The Morgan fingerprint density at radius 1 is 0.296 bits per heavy atom. The number of carbonyl (C=O) groups excluding carboxylic acids is 12. The van der Waals surface area contributed by atoms with Gasteiger partial charge in [-0.25, -0.2) is 40.7 Å². The minimum Gasteiger partial charge on any atom is -0.507 e. The lowest BCUT2D eigenvalue weighted by Crippen LogP contribution is -2.44. The monoisotopic (exact) mass is 1620 g/mol. The fraction of sp³-hybridized carbons (Fsp3) is 0.261. The van der Waals surface area contributed by atoms with Gasteiger partial charge in [-0.3, -0.25) is 57.5 Å². The molecule has 0 aliphatic carbocycles. The molecular formula is C69H66F6N6O21S6. The first-order chi connectivity index (χ1) is 50.6. The van der Waals surface area contributed by atoms with E-state index in [2.05, 4.69) is 31.9 Å². The van der Waals surface area contributed by atoms with Gasteiger partial charge in [0, 0.05) is 111 Å². The van der Waals surface area contributed by atoms with Crippen molar-refractivity contribution in [2.75, 3.05) is 34.5 Å². The summed E-state index contributed by atoms with van der Waals surface area (Å²) in [5, 5.41) is 67.6. The molecule has 27 nitrogen and oxygen atoms in total. The highest BCUT2D eigenvalue weighted by molar-refractivity contribution is 8.16. The number of carbonyl (C=O) groups is 15. The lowest BCUT2D eigenvalue weighted by molar-refractivity contribution is -0.141. The van der Waals surface area contributed by atoms with Crippen LogP contribution in [0.25, 0.3) is 33.4 Å². The summed E-state index contributed by atoms with van der Waals surface area (Å²) in [6.07, 6.45) is 0. The van der Waals surface area contributed by atoms with Crippen molar-refractivity contribution in [2.45, 2.75) is 77.8 Å². The van der Waals surface area contributed by atoms with Crippen LogP contribution >= 0.6 is 70.6 Å². The van der Waals surface area contributed by atoms with Crippen LogP contribution in [0.15, 0.2) is 109 Å². The second-order valence-corrected chi connectivity index (χ2v) is 28.3. The number of nitrogens with one attached hydrogen (secondary N) is 6. The molecule has 0 heterocycles. The maximum atomic E-state index is 14.2. The van der Waals surface area contributed by atoms with Gasteiger partial charge in [-0.2, -0.15) is 0 Å². The Bertz CT molecular complexity index is 4010. The summed E-state index contributed by atoms with van der Waals surface area (Å²) in [6.45, 7) is 6.84. The molecule has 0 aliphatic rings. The highest BCUT2D eigenvalue weighted by Crippen LogP contribution is 2.35. The maximum Gasteiger partial charge on any atom is 0.327 e. The quantitative estimate of drug-likeness (QED) is 0.0192. The van der Waals surface area contributed by atoms with Crippen molar-refractivity contribution in [1.82, 2.24) is 31.9 Å². The number of hydrogen-bond acceptors (Lipinski definition) is 24. The Balaban J connectivity index is 0.000000342. The highest BCUT2D eigenvalue weighted by Gasteiger charge is 2.31. The first-order valence-electron chi connectivity index (χ1n) is 30.8. The Morgan fingerprint density at radius 3 is 0.694 bits per heavy atom. The first kappa shape index (κ1) is 90.0. The van der Waals surface area contributed by atoms with Gasteiger partial charge in [0.25, 0.3) is 0 Å². The minimum atomic E-state index is -1.35. The topological polar surface area (TPSA) is 450 Å². The molecule has 0 fully saturated rings. The highest BCUT2D eigenvalue weighted by atomic mass is 32.2. The summed E-state index contributed by atoms with van der Waals surface area (Å²) >= 11 is 3.48. The molecule has 0 saturated heterocycles. The second kappa shape index (κ2) is 43.5. The Morgan fingerprint density at radius 2 is 0.500 bits per heavy atom. The number of carboxylic acid groups (broad SMARTS) is 3. The van der Waals surface area contributed by atoms with Crippen LogP contribution in [-0.2, 0) is 57.5 Å². The second-order valence-electron chi connectivity index (χ2n) is 22.3. The lowest BCUT2D eigenvalue weighted by atomic mass is 10.0. The van der Waals surface area contributed by atoms with Crippen molar-refractivity contribution in [2.24, 2.45) is 0 Å². The van der Waals surface area contributed by atoms with Gasteiger partial charge in [-0.05, 0) is 89.5 Å². The van der Waals surface area contributed by atoms with Crippen LogP contribution in [0.3, 0.4) is 0 Å². The van der Waals surface area contributed by atoms with Crippen LogP contribution in [-0.4, -0.2) is 185 Å². The molecule has 0 bridgehead atoms. The van der Waals surface area contributed by atoms with Crippen molar-refractivity contribution >= 4 is 155 Å². The van der Waals surface area contributed by atoms with E-state index in [0.717, 1.165) is 59.7 Å². The summed E-state index contributed by atoms with van der Waals surface area (Å²) < 4.78 is 82.1. The summed E-state index contributed by atoms with van der Waals surface area (Å²) in [7, 11) is 0.